The van der Waals surface area contributed by atoms with Crippen molar-refractivity contribution in [1.29, 1.82) is 0 Å². The SMILES string of the molecule is CCCCCCCC=CCCCCCCCCC(=O)OCC(Br)(CO)[N+](=O)[O-]. The van der Waals surface area contributed by atoms with Crippen molar-refractivity contribution in [2.75, 3.05) is 13.2 Å². The third kappa shape index (κ3) is 15.0. The van der Waals surface area contributed by atoms with Crippen LogP contribution in [-0.2, 0) is 9.53 Å². The third-order valence-electron chi connectivity index (χ3n) is 4.67. The zero-order valence-electron chi connectivity index (χ0n) is 17.4. The maximum atomic E-state index is 11.6. The molecular weight excluding hydrogens is 426 g/mol. The number of rotatable bonds is 19. The Morgan fingerprint density at radius 1 is 1.00 bits per heavy atom. The fourth-order valence-corrected chi connectivity index (χ4v) is 2.87. The van der Waals surface area contributed by atoms with Crippen molar-refractivity contribution in [2.24, 2.45) is 0 Å². The summed E-state index contributed by atoms with van der Waals surface area (Å²) in [6.45, 7) is 1.03. The van der Waals surface area contributed by atoms with Gasteiger partial charge in [-0.1, -0.05) is 70.4 Å². The summed E-state index contributed by atoms with van der Waals surface area (Å²) < 4.78 is 3.08. The monoisotopic (exact) mass is 463 g/mol. The number of aliphatic hydroxyl groups is 1. The number of alkyl halides is 1. The van der Waals surface area contributed by atoms with E-state index >= 15 is 0 Å². The van der Waals surface area contributed by atoms with Crippen molar-refractivity contribution in [2.45, 2.75) is 101 Å². The van der Waals surface area contributed by atoms with Gasteiger partial charge < -0.3 is 9.84 Å². The van der Waals surface area contributed by atoms with Gasteiger partial charge in [-0.3, -0.25) is 14.9 Å². The fraction of sp³-hybridized carbons (Fsp3) is 0.857. The molecular formula is C21H38BrNO5. The average Bonchev–Trinajstić information content (AvgIpc) is 2.68. The lowest BCUT2D eigenvalue weighted by Gasteiger charge is -2.15. The van der Waals surface area contributed by atoms with Gasteiger partial charge in [0.1, 0.15) is 6.61 Å². The van der Waals surface area contributed by atoms with E-state index in [-0.39, 0.29) is 6.42 Å². The van der Waals surface area contributed by atoms with Gasteiger partial charge in [0.2, 0.25) is 0 Å². The predicted molar refractivity (Wildman–Crippen MR) is 116 cm³/mol. The highest BCUT2D eigenvalue weighted by molar-refractivity contribution is 9.10. The highest BCUT2D eigenvalue weighted by Crippen LogP contribution is 2.19. The number of nitrogens with zero attached hydrogens (tertiary/aromatic N) is 1. The second-order valence-corrected chi connectivity index (χ2v) is 8.80. The van der Waals surface area contributed by atoms with Gasteiger partial charge in [0, 0.05) is 27.3 Å². The smallest absolute Gasteiger partial charge is 0.330 e. The average molecular weight is 464 g/mol. The van der Waals surface area contributed by atoms with Crippen LogP contribution in [0.15, 0.2) is 12.2 Å². The Morgan fingerprint density at radius 3 is 2.00 bits per heavy atom. The minimum absolute atomic E-state index is 0.257. The van der Waals surface area contributed by atoms with Crippen molar-refractivity contribution >= 4 is 21.9 Å². The second kappa shape index (κ2) is 18.1. The molecule has 0 aromatic heterocycles. The molecule has 1 N–H and O–H groups in total. The summed E-state index contributed by atoms with van der Waals surface area (Å²) >= 11 is 2.80. The van der Waals surface area contributed by atoms with E-state index in [4.69, 9.17) is 9.84 Å². The van der Waals surface area contributed by atoms with Crippen LogP contribution < -0.4 is 0 Å². The number of ether oxygens (including phenoxy) is 1. The molecule has 0 rings (SSSR count). The molecule has 0 heterocycles. The normalized spacial score (nSPS) is 13.5. The van der Waals surface area contributed by atoms with E-state index < -0.39 is 28.6 Å². The highest BCUT2D eigenvalue weighted by Gasteiger charge is 2.40. The molecule has 0 fully saturated rings. The Morgan fingerprint density at radius 2 is 1.50 bits per heavy atom. The van der Waals surface area contributed by atoms with Crippen LogP contribution in [0.4, 0.5) is 0 Å². The number of carbonyl (C=O) groups excluding carboxylic acids is 1. The van der Waals surface area contributed by atoms with Crippen LogP contribution in [0.1, 0.15) is 96.8 Å². The zero-order valence-corrected chi connectivity index (χ0v) is 19.0. The molecule has 0 bridgehead atoms. The number of carbonyl (C=O) groups is 1. The van der Waals surface area contributed by atoms with E-state index in [1.807, 2.05) is 0 Å². The number of allylic oxidation sites excluding steroid dienone is 2. The van der Waals surface area contributed by atoms with Gasteiger partial charge in [0.15, 0.2) is 6.61 Å². The quantitative estimate of drug-likeness (QED) is 0.0487. The molecule has 0 saturated carbocycles. The summed E-state index contributed by atoms with van der Waals surface area (Å²) in [7, 11) is 0. The summed E-state index contributed by atoms with van der Waals surface area (Å²) in [6.07, 6.45) is 20.2. The number of esters is 1. The predicted octanol–water partition coefficient (Wildman–Crippen LogP) is 5.93. The molecule has 0 amide bonds. The first kappa shape index (κ1) is 27.0. The van der Waals surface area contributed by atoms with E-state index in [9.17, 15) is 14.9 Å². The number of halogens is 1. The lowest BCUT2D eigenvalue weighted by Crippen LogP contribution is -2.41. The van der Waals surface area contributed by atoms with Crippen LogP contribution in [0, 0.1) is 10.1 Å². The summed E-state index contributed by atoms with van der Waals surface area (Å²) in [5, 5.41) is 19.8. The van der Waals surface area contributed by atoms with Crippen molar-refractivity contribution in [3.63, 3.8) is 0 Å². The molecule has 0 aliphatic heterocycles. The standard InChI is InChI=1S/C21H38BrNO5/c1-2-3-4-5-6-7-8-9-10-11-12-13-14-15-16-17-20(25)28-19-21(22,18-24)23(26)27/h8-9,24H,2-7,10-19H2,1H3. The Kier molecular flexibility index (Phi) is 17.5. The molecule has 28 heavy (non-hydrogen) atoms. The first-order valence-corrected chi connectivity index (χ1v) is 11.5. The summed E-state index contributed by atoms with van der Waals surface area (Å²) in [5.74, 6) is -0.459. The van der Waals surface area contributed by atoms with E-state index in [2.05, 4.69) is 35.0 Å². The van der Waals surface area contributed by atoms with Crippen molar-refractivity contribution < 1.29 is 19.6 Å². The molecule has 0 aromatic carbocycles. The Hall–Kier alpha value is -0.950. The molecule has 1 unspecified atom stereocenters. The Balaban J connectivity index is 3.45. The fourth-order valence-electron chi connectivity index (χ4n) is 2.76. The lowest BCUT2D eigenvalue weighted by atomic mass is 10.1. The number of hydrogen-bond donors (Lipinski definition) is 1. The lowest BCUT2D eigenvalue weighted by molar-refractivity contribution is -0.541. The van der Waals surface area contributed by atoms with Gasteiger partial charge in [0.05, 0.1) is 0 Å². The van der Waals surface area contributed by atoms with E-state index in [0.29, 0.717) is 0 Å². The van der Waals surface area contributed by atoms with Crippen molar-refractivity contribution in [3.8, 4) is 0 Å². The van der Waals surface area contributed by atoms with Crippen LogP contribution in [0.2, 0.25) is 0 Å². The molecule has 0 aliphatic rings. The molecule has 7 heteroatoms. The van der Waals surface area contributed by atoms with Crippen molar-refractivity contribution in [3.05, 3.63) is 22.3 Å². The van der Waals surface area contributed by atoms with Crippen LogP contribution in [0.25, 0.3) is 0 Å². The number of aliphatic hydroxyl groups excluding tert-OH is 1. The van der Waals surface area contributed by atoms with E-state index in [1.54, 1.807) is 0 Å². The van der Waals surface area contributed by atoms with Crippen LogP contribution >= 0.6 is 15.9 Å². The molecule has 0 aliphatic carbocycles. The van der Waals surface area contributed by atoms with Gasteiger partial charge in [-0.15, -0.1) is 0 Å². The van der Waals surface area contributed by atoms with Crippen LogP contribution in [0.3, 0.4) is 0 Å². The Labute approximate surface area is 178 Å². The maximum Gasteiger partial charge on any atom is 0.330 e. The van der Waals surface area contributed by atoms with Gasteiger partial charge in [-0.2, -0.15) is 0 Å². The number of nitro groups is 1. The first-order valence-electron chi connectivity index (χ1n) is 10.7. The number of hydrogen-bond acceptors (Lipinski definition) is 5. The number of unbranched alkanes of at least 4 members (excludes halogenated alkanes) is 11. The summed E-state index contributed by atoms with van der Waals surface area (Å²) in [4.78, 5) is 21.7. The summed E-state index contributed by atoms with van der Waals surface area (Å²) in [6, 6.07) is 0. The largest absolute Gasteiger partial charge is 0.457 e. The molecule has 0 saturated heterocycles. The van der Waals surface area contributed by atoms with Gasteiger partial charge in [-0.25, -0.2) is 0 Å². The Bertz CT molecular complexity index is 445. The molecule has 0 aromatic rings. The third-order valence-corrected chi connectivity index (χ3v) is 5.44. The van der Waals surface area contributed by atoms with E-state index in [0.717, 1.165) is 32.1 Å². The molecule has 1 atom stereocenters. The minimum Gasteiger partial charge on any atom is -0.457 e. The van der Waals surface area contributed by atoms with Gasteiger partial charge in [0.25, 0.3) is 0 Å². The van der Waals surface area contributed by atoms with Crippen LogP contribution in [0.5, 0.6) is 0 Å². The van der Waals surface area contributed by atoms with E-state index in [1.165, 1.54) is 51.4 Å². The van der Waals surface area contributed by atoms with Gasteiger partial charge >= 0.3 is 10.4 Å². The minimum atomic E-state index is -1.80. The second-order valence-electron chi connectivity index (χ2n) is 7.33. The topological polar surface area (TPSA) is 89.7 Å². The van der Waals surface area contributed by atoms with Crippen molar-refractivity contribution in [1.82, 2.24) is 0 Å². The summed E-state index contributed by atoms with van der Waals surface area (Å²) in [5.41, 5.74) is 0. The molecule has 0 radical (unpaired) electrons. The zero-order chi connectivity index (χ0) is 21.1. The van der Waals surface area contributed by atoms with Gasteiger partial charge in [-0.05, 0) is 32.1 Å². The maximum absolute atomic E-state index is 11.6. The molecule has 6 nitrogen and oxygen atoms in total. The first-order chi connectivity index (χ1) is 13.5. The highest BCUT2D eigenvalue weighted by atomic mass is 79.9. The molecule has 164 valence electrons. The van der Waals surface area contributed by atoms with Crippen LogP contribution in [-0.4, -0.2) is 33.7 Å². The molecule has 0 spiro atoms.